The number of rotatable bonds is 3. The van der Waals surface area contributed by atoms with Crippen LogP contribution in [0.4, 0.5) is 4.79 Å². The van der Waals surface area contributed by atoms with E-state index in [9.17, 15) is 14.7 Å². The third-order valence-electron chi connectivity index (χ3n) is 4.14. The van der Waals surface area contributed by atoms with E-state index in [1.165, 1.54) is 6.92 Å². The Morgan fingerprint density at radius 1 is 1.38 bits per heavy atom. The number of nitrogens with one attached hydrogen (secondary N) is 1. The van der Waals surface area contributed by atoms with Gasteiger partial charge in [0.2, 0.25) is 0 Å². The van der Waals surface area contributed by atoms with Crippen LogP contribution in [-0.4, -0.2) is 46.4 Å². The molecule has 2 N–H and O–H groups in total. The van der Waals surface area contributed by atoms with Gasteiger partial charge in [0.25, 0.3) is 0 Å². The molecule has 126 valence electrons. The number of hydrogen-bond donors (Lipinski definition) is 2. The van der Waals surface area contributed by atoms with Crippen LogP contribution < -0.4 is 5.43 Å². The maximum Gasteiger partial charge on any atom is 0.410 e. The van der Waals surface area contributed by atoms with Crippen molar-refractivity contribution < 1.29 is 19.4 Å². The van der Waals surface area contributed by atoms with Crippen molar-refractivity contribution in [3.8, 4) is 0 Å². The highest BCUT2D eigenvalue weighted by atomic mass is 16.6. The molecule has 1 saturated heterocycles. The molecule has 1 fully saturated rings. The van der Waals surface area contributed by atoms with Crippen molar-refractivity contribution >= 4 is 17.8 Å². The molecule has 7 nitrogen and oxygen atoms in total. The molecular formula is C17H19N3O4. The number of carboxylic acids is 1. The molecule has 2 aliphatic heterocycles. The fourth-order valence-electron chi connectivity index (χ4n) is 2.67. The van der Waals surface area contributed by atoms with Gasteiger partial charge < -0.3 is 14.7 Å². The van der Waals surface area contributed by atoms with Gasteiger partial charge in [0.1, 0.15) is 6.61 Å². The summed E-state index contributed by atoms with van der Waals surface area (Å²) in [5.74, 6) is -1.01. The Hall–Kier alpha value is -2.83. The number of hydrogen-bond acceptors (Lipinski definition) is 5. The van der Waals surface area contributed by atoms with E-state index in [2.05, 4.69) is 10.5 Å². The van der Waals surface area contributed by atoms with Gasteiger partial charge in [-0.3, -0.25) is 5.43 Å². The highest BCUT2D eigenvalue weighted by molar-refractivity contribution is 6.04. The summed E-state index contributed by atoms with van der Waals surface area (Å²) in [6.45, 7) is 2.55. The number of benzene rings is 1. The Morgan fingerprint density at radius 2 is 2.12 bits per heavy atom. The first-order valence-corrected chi connectivity index (χ1v) is 7.73. The van der Waals surface area contributed by atoms with Crippen molar-refractivity contribution in [2.24, 2.45) is 5.10 Å². The Bertz CT molecular complexity index is 714. The van der Waals surface area contributed by atoms with E-state index in [0.717, 1.165) is 16.8 Å². The van der Waals surface area contributed by atoms with Crippen LogP contribution in [0.25, 0.3) is 0 Å². The predicted molar refractivity (Wildman–Crippen MR) is 87.5 cm³/mol. The van der Waals surface area contributed by atoms with Crippen molar-refractivity contribution in [3.05, 3.63) is 47.5 Å². The number of carbonyl (C=O) groups excluding carboxylic acids is 1. The third kappa shape index (κ3) is 3.24. The number of aliphatic carboxylic acids is 1. The lowest BCUT2D eigenvalue weighted by molar-refractivity contribution is -0.142. The molecule has 1 atom stereocenters. The minimum atomic E-state index is -1.25. The monoisotopic (exact) mass is 329 g/mol. The minimum absolute atomic E-state index is 0.213. The van der Waals surface area contributed by atoms with Gasteiger partial charge in [0, 0.05) is 13.0 Å². The summed E-state index contributed by atoms with van der Waals surface area (Å²) in [7, 11) is 0. The van der Waals surface area contributed by atoms with Gasteiger partial charge in [0.05, 0.1) is 12.3 Å². The quantitative estimate of drug-likeness (QED) is 0.882. The first-order chi connectivity index (χ1) is 11.5. The van der Waals surface area contributed by atoms with E-state index in [4.69, 9.17) is 4.74 Å². The lowest BCUT2D eigenvalue weighted by atomic mass is 9.92. The summed E-state index contributed by atoms with van der Waals surface area (Å²) >= 11 is 0. The summed E-state index contributed by atoms with van der Waals surface area (Å²) in [6.07, 6.45) is 1.78. The van der Waals surface area contributed by atoms with E-state index in [1.807, 2.05) is 30.3 Å². The van der Waals surface area contributed by atoms with Crippen molar-refractivity contribution in [2.75, 3.05) is 13.1 Å². The van der Waals surface area contributed by atoms with E-state index in [1.54, 1.807) is 11.0 Å². The van der Waals surface area contributed by atoms with Gasteiger partial charge in [0.15, 0.2) is 5.54 Å². The van der Waals surface area contributed by atoms with Crippen molar-refractivity contribution in [3.63, 3.8) is 0 Å². The van der Waals surface area contributed by atoms with Crippen molar-refractivity contribution in [1.82, 2.24) is 10.3 Å². The van der Waals surface area contributed by atoms with Gasteiger partial charge >= 0.3 is 12.1 Å². The number of piperidine rings is 1. The van der Waals surface area contributed by atoms with E-state index < -0.39 is 17.6 Å². The Balaban J connectivity index is 1.64. The molecule has 0 aromatic heterocycles. The second kappa shape index (κ2) is 6.35. The molecule has 0 bridgehead atoms. The standard InChI is InChI=1S/C17H19N3O4/c1-17(15(21)22)9-13-10-20(8-7-14(13)18-19-17)16(23)24-11-12-5-3-2-4-6-12/h2-6,9,19H,7-8,10-11H2,1H3,(H,21,22). The van der Waals surface area contributed by atoms with Crippen LogP contribution >= 0.6 is 0 Å². The van der Waals surface area contributed by atoms with Crippen LogP contribution in [0.2, 0.25) is 0 Å². The molecule has 2 aliphatic rings. The van der Waals surface area contributed by atoms with Gasteiger partial charge in [-0.2, -0.15) is 5.10 Å². The highest BCUT2D eigenvalue weighted by Crippen LogP contribution is 2.22. The Labute approximate surface area is 139 Å². The maximum atomic E-state index is 12.2. The molecule has 0 spiro atoms. The van der Waals surface area contributed by atoms with Crippen LogP contribution in [0.5, 0.6) is 0 Å². The molecule has 2 heterocycles. The zero-order valence-electron chi connectivity index (χ0n) is 13.4. The number of nitrogens with zero attached hydrogens (tertiary/aromatic N) is 2. The number of carboxylic acid groups (broad SMARTS) is 1. The second-order valence-corrected chi connectivity index (χ2v) is 6.06. The molecule has 3 rings (SSSR count). The normalized spacial score (nSPS) is 22.6. The number of hydrazone groups is 1. The lowest BCUT2D eigenvalue weighted by Gasteiger charge is -2.34. The van der Waals surface area contributed by atoms with Gasteiger partial charge in [-0.25, -0.2) is 9.59 Å². The van der Waals surface area contributed by atoms with Gasteiger partial charge in [-0.15, -0.1) is 0 Å². The minimum Gasteiger partial charge on any atom is -0.479 e. The van der Waals surface area contributed by atoms with Crippen LogP contribution in [0.15, 0.2) is 47.1 Å². The largest absolute Gasteiger partial charge is 0.479 e. The topological polar surface area (TPSA) is 91.2 Å². The zero-order chi connectivity index (χ0) is 17.2. The number of carbonyl (C=O) groups is 2. The molecule has 0 aliphatic carbocycles. The van der Waals surface area contributed by atoms with Gasteiger partial charge in [-0.1, -0.05) is 30.3 Å². The predicted octanol–water partition coefficient (Wildman–Crippen LogP) is 1.76. The van der Waals surface area contributed by atoms with Crippen molar-refractivity contribution in [1.29, 1.82) is 0 Å². The summed E-state index contributed by atoms with van der Waals surface area (Å²) in [4.78, 5) is 25.2. The van der Waals surface area contributed by atoms with Crippen LogP contribution in [0, 0.1) is 0 Å². The fraction of sp³-hybridized carbons (Fsp3) is 0.353. The highest BCUT2D eigenvalue weighted by Gasteiger charge is 2.37. The van der Waals surface area contributed by atoms with Crippen molar-refractivity contribution in [2.45, 2.75) is 25.5 Å². The second-order valence-electron chi connectivity index (χ2n) is 6.06. The summed E-state index contributed by atoms with van der Waals surface area (Å²) < 4.78 is 5.33. The Morgan fingerprint density at radius 3 is 2.83 bits per heavy atom. The SMILES string of the molecule is CC1(C(=O)O)C=C2CN(C(=O)OCc3ccccc3)CCC2=NN1. The van der Waals surface area contributed by atoms with E-state index in [-0.39, 0.29) is 6.61 Å². The van der Waals surface area contributed by atoms with Crippen LogP contribution in [0.3, 0.4) is 0 Å². The number of fused-ring (bicyclic) bond motifs is 1. The molecule has 1 amide bonds. The molecule has 24 heavy (non-hydrogen) atoms. The fourth-order valence-corrected chi connectivity index (χ4v) is 2.67. The molecule has 0 saturated carbocycles. The number of likely N-dealkylation sites (tertiary alicyclic amines) is 1. The number of amides is 1. The zero-order valence-corrected chi connectivity index (χ0v) is 13.4. The van der Waals surface area contributed by atoms with Crippen LogP contribution in [0.1, 0.15) is 18.9 Å². The Kier molecular flexibility index (Phi) is 4.24. The molecule has 1 aromatic rings. The summed E-state index contributed by atoms with van der Waals surface area (Å²) in [6, 6.07) is 9.46. The summed E-state index contributed by atoms with van der Waals surface area (Å²) in [5.41, 5.74) is 3.87. The molecular weight excluding hydrogens is 310 g/mol. The average Bonchev–Trinajstić information content (AvgIpc) is 2.59. The maximum absolute atomic E-state index is 12.2. The summed E-state index contributed by atoms with van der Waals surface area (Å²) in [5, 5.41) is 13.4. The smallest absolute Gasteiger partial charge is 0.410 e. The first-order valence-electron chi connectivity index (χ1n) is 7.73. The molecule has 1 unspecified atom stereocenters. The van der Waals surface area contributed by atoms with Gasteiger partial charge in [-0.05, 0) is 24.1 Å². The third-order valence-corrected chi connectivity index (χ3v) is 4.14. The van der Waals surface area contributed by atoms with Crippen LogP contribution in [-0.2, 0) is 16.1 Å². The average molecular weight is 329 g/mol. The lowest BCUT2D eigenvalue weighted by Crippen LogP contribution is -2.51. The van der Waals surface area contributed by atoms with E-state index >= 15 is 0 Å². The number of ether oxygens (including phenoxy) is 1. The first kappa shape index (κ1) is 16.0. The molecule has 7 heteroatoms. The molecule has 0 radical (unpaired) electrons. The van der Waals surface area contributed by atoms with E-state index in [0.29, 0.717) is 19.5 Å². The molecule has 1 aromatic carbocycles.